The van der Waals surface area contributed by atoms with Crippen molar-refractivity contribution in [1.29, 1.82) is 0 Å². The molecule has 148 valence electrons. The van der Waals surface area contributed by atoms with Crippen molar-refractivity contribution in [1.82, 2.24) is 0 Å². The summed E-state index contributed by atoms with van der Waals surface area (Å²) in [4.78, 5) is 6.14. The van der Waals surface area contributed by atoms with Crippen LogP contribution in [0.4, 0.5) is 11.4 Å². The van der Waals surface area contributed by atoms with Gasteiger partial charge in [-0.25, -0.2) is 0 Å². The van der Waals surface area contributed by atoms with E-state index in [-0.39, 0.29) is 84.5 Å². The van der Waals surface area contributed by atoms with Gasteiger partial charge >= 0.3 is 59.1 Å². The molecule has 0 heterocycles. The molecule has 0 spiro atoms. The smallest absolute Gasteiger partial charge is 1.00 e. The Morgan fingerprint density at radius 2 is 1.10 bits per heavy atom. The molecule has 0 aliphatic carbocycles. The van der Waals surface area contributed by atoms with E-state index in [0.717, 1.165) is 0 Å². The molecular weight excluding hydrogens is 490 g/mol. The van der Waals surface area contributed by atoms with Crippen molar-refractivity contribution in [3.05, 3.63) is 47.5 Å². The second-order valence-corrected chi connectivity index (χ2v) is 8.16. The number of hydrogen-bond acceptors (Lipinski definition) is 8. The van der Waals surface area contributed by atoms with Gasteiger partial charge in [-0.05, 0) is 47.7 Å². The fourth-order valence-electron chi connectivity index (χ4n) is 2.36. The molecule has 0 aliphatic heterocycles. The van der Waals surface area contributed by atoms with Gasteiger partial charge < -0.3 is 2.85 Å². The summed E-state index contributed by atoms with van der Waals surface area (Å²) in [6.07, 6.45) is 2.45. The molecule has 2 aromatic rings. The molecule has 0 unspecified atom stereocenters. The van der Waals surface area contributed by atoms with Gasteiger partial charge in [0.15, 0.2) is 0 Å². The van der Waals surface area contributed by atoms with Crippen LogP contribution in [0.25, 0.3) is 12.2 Å². The van der Waals surface area contributed by atoms with Gasteiger partial charge in [0, 0.05) is 0 Å². The number of aliphatic imine (C=N–C) groups is 2. The number of thiocarbonyl (C=S) groups is 2. The maximum absolute atomic E-state index is 11.8. The molecule has 2 rings (SSSR count). The van der Waals surface area contributed by atoms with Crippen LogP contribution in [0.1, 0.15) is 14.0 Å². The molecule has 0 atom stereocenters. The molecule has 30 heavy (non-hydrogen) atoms. The Kier molecular flexibility index (Phi) is 12.4. The summed E-state index contributed by atoms with van der Waals surface area (Å²) < 4.78 is 66.1. The monoisotopic (exact) mass is 502 g/mol. The van der Waals surface area contributed by atoms with E-state index in [9.17, 15) is 25.9 Å². The Morgan fingerprint density at radius 3 is 1.37 bits per heavy atom. The maximum Gasteiger partial charge on any atom is 1.00 e. The fraction of sp³-hybridized carbons (Fsp3) is 0. The summed E-state index contributed by atoms with van der Waals surface area (Å²) in [5.41, 5.74) is -0.291. The first-order valence-electron chi connectivity index (χ1n) is 7.14. The van der Waals surface area contributed by atoms with E-state index < -0.39 is 30.0 Å². The number of isothiocyanates is 2. The fourth-order valence-corrected chi connectivity index (χ4v) is 4.18. The largest absolute Gasteiger partial charge is 1.00 e. The Bertz CT molecular complexity index is 1190. The molecule has 2 aromatic carbocycles. The van der Waals surface area contributed by atoms with Crippen LogP contribution in [-0.4, -0.2) is 36.3 Å². The third-order valence-corrected chi connectivity index (χ3v) is 5.44. The molecule has 0 amide bonds. The molecule has 0 aromatic heterocycles. The van der Waals surface area contributed by atoms with Gasteiger partial charge in [0.05, 0.1) is 21.7 Å². The Balaban J connectivity index is -0.00000210. The summed E-state index contributed by atoms with van der Waals surface area (Å²) in [5, 5.41) is 4.03. The van der Waals surface area contributed by atoms with Crippen molar-refractivity contribution in [3.8, 4) is 0 Å². The van der Waals surface area contributed by atoms with E-state index in [2.05, 4.69) is 34.4 Å². The first-order chi connectivity index (χ1) is 13.1. The molecule has 2 N–H and O–H groups in total. The third kappa shape index (κ3) is 7.63. The van der Waals surface area contributed by atoms with E-state index in [0.29, 0.717) is 0 Å². The molecule has 0 bridgehead atoms. The van der Waals surface area contributed by atoms with Gasteiger partial charge in [-0.3, -0.25) is 9.11 Å². The topological polar surface area (TPSA) is 133 Å². The van der Waals surface area contributed by atoms with Crippen molar-refractivity contribution >= 4 is 78.5 Å². The Labute approximate surface area is 231 Å². The van der Waals surface area contributed by atoms with Gasteiger partial charge in [0.2, 0.25) is 0 Å². The molecule has 0 saturated heterocycles. The molecule has 8 nitrogen and oxygen atoms in total. The zero-order valence-electron chi connectivity index (χ0n) is 17.7. The molecule has 0 aliphatic rings. The zero-order chi connectivity index (χ0) is 20.9. The summed E-state index contributed by atoms with van der Waals surface area (Å²) in [6.45, 7) is 0. The normalized spacial score (nSPS) is 10.9. The van der Waals surface area contributed by atoms with E-state index in [1.807, 2.05) is 10.3 Å². The Hall–Kier alpha value is -0.400. The minimum atomic E-state index is -4.69. The van der Waals surface area contributed by atoms with Crippen LogP contribution in [-0.2, 0) is 20.2 Å². The van der Waals surface area contributed by atoms with Crippen molar-refractivity contribution in [2.45, 2.75) is 9.79 Å². The molecule has 0 saturated carbocycles. The van der Waals surface area contributed by atoms with Crippen LogP contribution in [0.5, 0.6) is 0 Å². The van der Waals surface area contributed by atoms with Gasteiger partial charge in [-0.15, -0.1) is 0 Å². The summed E-state index contributed by atoms with van der Waals surface area (Å²) in [7, 11) is -9.37. The minimum Gasteiger partial charge on any atom is -1.00 e. The second kappa shape index (κ2) is 12.6. The van der Waals surface area contributed by atoms with Gasteiger partial charge in [0.1, 0.15) is 9.79 Å². The van der Waals surface area contributed by atoms with Crippen molar-refractivity contribution < 1.29 is 87.9 Å². The summed E-state index contributed by atoms with van der Waals surface area (Å²) in [6, 6.07) is 8.23. The predicted molar refractivity (Wildman–Crippen MR) is 113 cm³/mol. The van der Waals surface area contributed by atoms with E-state index in [1.54, 1.807) is 0 Å². The van der Waals surface area contributed by atoms with E-state index in [1.165, 1.54) is 48.6 Å². The summed E-state index contributed by atoms with van der Waals surface area (Å²) >= 11 is 8.94. The molecule has 14 heteroatoms. The van der Waals surface area contributed by atoms with E-state index >= 15 is 0 Å². The van der Waals surface area contributed by atoms with Crippen LogP contribution < -0.4 is 59.1 Å². The average molecular weight is 503 g/mol. The van der Waals surface area contributed by atoms with Crippen molar-refractivity contribution in [2.75, 3.05) is 0 Å². The standard InChI is InChI=1S/C16H10N2O6S4.2Na.2H/c19-27(20,21)15-11(3-1-5-13(15)17-9-25)7-8-12-4-2-6-14(18-10-26)16(12)28(22,23)24;;;;/h1-8H,(H,19,20,21)(H,22,23,24);;;;/q;2*+1;2*-1/b8-7+;;;;. The zero-order valence-corrected chi connectivity index (χ0v) is 22.9. The predicted octanol–water partition coefficient (Wildman–Crippen LogP) is -1.95. The third-order valence-electron chi connectivity index (χ3n) is 3.34. The van der Waals surface area contributed by atoms with Gasteiger partial charge in [-0.1, -0.05) is 36.4 Å². The van der Waals surface area contributed by atoms with Gasteiger partial charge in [0.25, 0.3) is 20.2 Å². The van der Waals surface area contributed by atoms with Crippen LogP contribution in [0.3, 0.4) is 0 Å². The maximum atomic E-state index is 11.8. The first kappa shape index (κ1) is 29.6. The van der Waals surface area contributed by atoms with Crippen LogP contribution in [0.15, 0.2) is 56.2 Å². The summed E-state index contributed by atoms with van der Waals surface area (Å²) in [5.74, 6) is 0. The molecule has 0 radical (unpaired) electrons. The van der Waals surface area contributed by atoms with E-state index in [4.69, 9.17) is 0 Å². The molecule has 0 fully saturated rings. The average Bonchev–Trinajstić information content (AvgIpc) is 2.58. The Morgan fingerprint density at radius 1 is 0.767 bits per heavy atom. The minimum absolute atomic E-state index is 0. The quantitative estimate of drug-likeness (QED) is 0.153. The first-order valence-corrected chi connectivity index (χ1v) is 10.8. The van der Waals surface area contributed by atoms with Crippen molar-refractivity contribution in [3.63, 3.8) is 0 Å². The second-order valence-electron chi connectivity index (χ2n) is 5.08. The molecular formula is C16H12N2Na2O6S4. The number of nitrogens with zero attached hydrogens (tertiary/aromatic N) is 2. The van der Waals surface area contributed by atoms with Gasteiger partial charge in [-0.2, -0.15) is 26.8 Å². The SMILES string of the molecule is O=S(=O)(O)c1c(/C=C/c2cccc(N=C=S)c2S(=O)(=O)O)cccc1N=C=S.[H-].[H-].[Na+].[Na+]. The van der Waals surface area contributed by atoms with Crippen molar-refractivity contribution in [2.24, 2.45) is 9.98 Å². The number of benzene rings is 2. The van der Waals surface area contributed by atoms with Crippen LogP contribution >= 0.6 is 24.4 Å². The van der Waals surface area contributed by atoms with Crippen LogP contribution in [0, 0.1) is 0 Å². The van der Waals surface area contributed by atoms with Crippen LogP contribution in [0.2, 0.25) is 0 Å². The number of hydrogen-bond donors (Lipinski definition) is 2. The number of rotatable bonds is 6.